The molecule has 2 aromatic rings. The normalized spacial score (nSPS) is 20.9. The van der Waals surface area contributed by atoms with Crippen LogP contribution < -0.4 is 10.3 Å². The third kappa shape index (κ3) is 2.76. The number of aromatic amines is 1. The van der Waals surface area contributed by atoms with E-state index in [9.17, 15) is 18.3 Å². The molecule has 0 radical (unpaired) electrons. The van der Waals surface area contributed by atoms with Crippen molar-refractivity contribution in [3.05, 3.63) is 40.3 Å². The van der Waals surface area contributed by atoms with Crippen molar-refractivity contribution in [2.75, 3.05) is 0 Å². The first-order valence-corrected chi connectivity index (χ1v) is 9.65. The molecule has 1 atom stereocenters. The molecule has 0 saturated heterocycles. The molecule has 1 unspecified atom stereocenters. The average Bonchev–Trinajstić information content (AvgIpc) is 3.44. The van der Waals surface area contributed by atoms with Gasteiger partial charge in [0.1, 0.15) is 0 Å². The molecule has 128 valence electrons. The summed E-state index contributed by atoms with van der Waals surface area (Å²) in [6, 6.07) is 4.51. The molecule has 1 aromatic heterocycles. The summed E-state index contributed by atoms with van der Waals surface area (Å²) in [6.45, 7) is 1.86. The molecule has 2 aliphatic carbocycles. The number of aromatic nitrogens is 1. The number of hydrogen-bond donors (Lipinski definition) is 3. The highest BCUT2D eigenvalue weighted by atomic mass is 32.2. The van der Waals surface area contributed by atoms with E-state index in [4.69, 9.17) is 0 Å². The van der Waals surface area contributed by atoms with E-state index >= 15 is 0 Å². The minimum Gasteiger partial charge on any atom is -0.388 e. The number of pyridine rings is 1. The van der Waals surface area contributed by atoms with Gasteiger partial charge >= 0.3 is 0 Å². The SMILES string of the molecule is CC1(NS(=O)(=O)c2ccc3c(C(O)C4CC4)c[nH]c(=O)c3c2)CC1. The zero-order chi connectivity index (χ0) is 17.1. The van der Waals surface area contributed by atoms with Crippen LogP contribution in [-0.2, 0) is 10.0 Å². The highest BCUT2D eigenvalue weighted by Crippen LogP contribution is 2.42. The van der Waals surface area contributed by atoms with Gasteiger partial charge in [0, 0.05) is 22.7 Å². The first-order valence-electron chi connectivity index (χ1n) is 8.16. The highest BCUT2D eigenvalue weighted by Gasteiger charge is 2.41. The van der Waals surface area contributed by atoms with Crippen molar-refractivity contribution < 1.29 is 13.5 Å². The molecule has 0 bridgehead atoms. The van der Waals surface area contributed by atoms with Crippen molar-refractivity contribution in [2.24, 2.45) is 5.92 Å². The minimum absolute atomic E-state index is 0.0756. The quantitative estimate of drug-likeness (QED) is 0.767. The Morgan fingerprint density at radius 3 is 2.62 bits per heavy atom. The van der Waals surface area contributed by atoms with Gasteiger partial charge in [-0.3, -0.25) is 4.79 Å². The van der Waals surface area contributed by atoms with Crippen LogP contribution in [0.15, 0.2) is 34.1 Å². The summed E-state index contributed by atoms with van der Waals surface area (Å²) >= 11 is 0. The molecule has 0 aliphatic heterocycles. The third-order valence-corrected chi connectivity index (χ3v) is 6.62. The zero-order valence-corrected chi connectivity index (χ0v) is 14.2. The van der Waals surface area contributed by atoms with E-state index in [0.29, 0.717) is 10.9 Å². The van der Waals surface area contributed by atoms with Crippen LogP contribution in [0.25, 0.3) is 10.8 Å². The Bertz CT molecular complexity index is 972. The maximum absolute atomic E-state index is 12.5. The monoisotopic (exact) mass is 348 g/mol. The molecule has 2 saturated carbocycles. The molecule has 3 N–H and O–H groups in total. The van der Waals surface area contributed by atoms with E-state index in [1.807, 2.05) is 6.92 Å². The van der Waals surface area contributed by atoms with E-state index in [2.05, 4.69) is 9.71 Å². The minimum atomic E-state index is -3.67. The first kappa shape index (κ1) is 15.8. The third-order valence-electron chi connectivity index (χ3n) is 4.98. The smallest absolute Gasteiger partial charge is 0.255 e. The van der Waals surface area contributed by atoms with Crippen LogP contribution in [0.4, 0.5) is 0 Å². The summed E-state index contributed by atoms with van der Waals surface area (Å²) in [5.74, 6) is 0.221. The maximum atomic E-state index is 12.5. The lowest BCUT2D eigenvalue weighted by Gasteiger charge is -2.15. The van der Waals surface area contributed by atoms with Crippen LogP contribution in [0.1, 0.15) is 44.3 Å². The van der Waals surface area contributed by atoms with Gasteiger partial charge in [0.25, 0.3) is 5.56 Å². The molecule has 24 heavy (non-hydrogen) atoms. The molecule has 6 nitrogen and oxygen atoms in total. The predicted molar refractivity (Wildman–Crippen MR) is 90.2 cm³/mol. The molecular weight excluding hydrogens is 328 g/mol. The van der Waals surface area contributed by atoms with Gasteiger partial charge in [-0.2, -0.15) is 0 Å². The van der Waals surface area contributed by atoms with Crippen molar-refractivity contribution in [1.29, 1.82) is 0 Å². The van der Waals surface area contributed by atoms with Crippen molar-refractivity contribution in [3.63, 3.8) is 0 Å². The van der Waals surface area contributed by atoms with E-state index < -0.39 is 16.1 Å². The number of fused-ring (bicyclic) bond motifs is 1. The van der Waals surface area contributed by atoms with Crippen LogP contribution >= 0.6 is 0 Å². The van der Waals surface area contributed by atoms with Crippen LogP contribution in [0, 0.1) is 5.92 Å². The topological polar surface area (TPSA) is 99.3 Å². The molecule has 1 aromatic carbocycles. The Morgan fingerprint density at radius 2 is 2.00 bits per heavy atom. The lowest BCUT2D eigenvalue weighted by atomic mass is 10.0. The molecule has 4 rings (SSSR count). The second-order valence-electron chi connectivity index (χ2n) is 7.23. The number of sulfonamides is 1. The molecular formula is C17H20N2O4S. The summed E-state index contributed by atoms with van der Waals surface area (Å²) in [4.78, 5) is 14.9. The number of rotatable bonds is 5. The van der Waals surface area contributed by atoms with Gasteiger partial charge in [0.2, 0.25) is 10.0 Å². The Hall–Kier alpha value is -1.70. The van der Waals surface area contributed by atoms with Crippen molar-refractivity contribution >= 4 is 20.8 Å². The summed E-state index contributed by atoms with van der Waals surface area (Å²) in [6.07, 6.45) is 4.48. The second kappa shape index (κ2) is 5.15. The summed E-state index contributed by atoms with van der Waals surface area (Å²) in [7, 11) is -3.67. The highest BCUT2D eigenvalue weighted by molar-refractivity contribution is 7.89. The number of nitrogens with one attached hydrogen (secondary N) is 2. The fourth-order valence-electron chi connectivity index (χ4n) is 3.01. The summed E-state index contributed by atoms with van der Waals surface area (Å²) in [5, 5.41) is 11.3. The fraction of sp³-hybridized carbons (Fsp3) is 0.471. The van der Waals surface area contributed by atoms with Crippen molar-refractivity contribution in [2.45, 2.75) is 49.1 Å². The Kier molecular flexibility index (Phi) is 3.39. The average molecular weight is 348 g/mol. The van der Waals surface area contributed by atoms with Crippen molar-refractivity contribution in [1.82, 2.24) is 9.71 Å². The van der Waals surface area contributed by atoms with Gasteiger partial charge in [-0.25, -0.2) is 13.1 Å². The number of aliphatic hydroxyl groups excluding tert-OH is 1. The van der Waals surface area contributed by atoms with E-state index in [1.165, 1.54) is 18.3 Å². The van der Waals surface area contributed by atoms with E-state index in [0.717, 1.165) is 25.7 Å². The van der Waals surface area contributed by atoms with Crippen LogP contribution in [-0.4, -0.2) is 24.0 Å². The van der Waals surface area contributed by atoms with E-state index in [1.54, 1.807) is 6.07 Å². The predicted octanol–water partition coefficient (Wildman–Crippen LogP) is 1.80. The standard InChI is InChI=1S/C17H20N2O4S/c1-17(6-7-17)19-24(22,23)11-4-5-12-13(8-11)16(21)18-9-14(12)15(20)10-2-3-10/h4-5,8-10,15,19-20H,2-3,6-7H2,1H3,(H,18,21). The van der Waals surface area contributed by atoms with Crippen LogP contribution in [0.3, 0.4) is 0 Å². The van der Waals surface area contributed by atoms with Gasteiger partial charge < -0.3 is 10.1 Å². The number of aliphatic hydroxyl groups is 1. The van der Waals surface area contributed by atoms with Crippen LogP contribution in [0.5, 0.6) is 0 Å². The molecule has 0 amide bonds. The number of hydrogen-bond acceptors (Lipinski definition) is 4. The van der Waals surface area contributed by atoms with Gasteiger partial charge in [0.15, 0.2) is 0 Å². The summed E-state index contributed by atoms with van der Waals surface area (Å²) in [5.41, 5.74) is -0.0749. The molecule has 2 fully saturated rings. The number of H-pyrrole nitrogens is 1. The number of benzene rings is 1. The van der Waals surface area contributed by atoms with Gasteiger partial charge in [0.05, 0.1) is 11.0 Å². The van der Waals surface area contributed by atoms with Crippen molar-refractivity contribution in [3.8, 4) is 0 Å². The van der Waals surface area contributed by atoms with Gasteiger partial charge in [-0.05, 0) is 56.0 Å². The zero-order valence-electron chi connectivity index (χ0n) is 13.4. The van der Waals surface area contributed by atoms with Crippen LogP contribution in [0.2, 0.25) is 0 Å². The van der Waals surface area contributed by atoms with Gasteiger partial charge in [-0.1, -0.05) is 6.07 Å². The Morgan fingerprint density at radius 1 is 1.29 bits per heavy atom. The largest absolute Gasteiger partial charge is 0.388 e. The lowest BCUT2D eigenvalue weighted by molar-refractivity contribution is 0.155. The first-order chi connectivity index (χ1) is 11.3. The molecule has 0 spiro atoms. The second-order valence-corrected chi connectivity index (χ2v) is 8.91. The van der Waals surface area contributed by atoms with Gasteiger partial charge in [-0.15, -0.1) is 0 Å². The lowest BCUT2D eigenvalue weighted by Crippen LogP contribution is -2.34. The Labute approximate surface area is 140 Å². The fourth-order valence-corrected chi connectivity index (χ4v) is 4.50. The Balaban J connectivity index is 1.80. The maximum Gasteiger partial charge on any atom is 0.255 e. The van der Waals surface area contributed by atoms with E-state index in [-0.39, 0.29) is 27.3 Å². The molecule has 2 aliphatic rings. The summed E-state index contributed by atoms with van der Waals surface area (Å²) < 4.78 is 27.7. The molecule has 7 heteroatoms. The molecule has 1 heterocycles.